The molecule has 0 saturated heterocycles. The summed E-state index contributed by atoms with van der Waals surface area (Å²) in [6.07, 6.45) is 7.97. The number of fused-ring (bicyclic) bond motifs is 1. The topological polar surface area (TPSA) is 38.1 Å². The first kappa shape index (κ1) is 18.9. The van der Waals surface area contributed by atoms with E-state index in [0.717, 1.165) is 37.2 Å². The Morgan fingerprint density at radius 3 is 2.77 bits per heavy atom. The molecule has 2 saturated carbocycles. The lowest BCUT2D eigenvalue weighted by Crippen LogP contribution is -2.34. The largest absolute Gasteiger partial charge is 0.338 e. The first-order valence-corrected chi connectivity index (χ1v) is 11.7. The Labute approximate surface area is 183 Å². The van der Waals surface area contributed by atoms with E-state index in [2.05, 4.69) is 64.2 Å². The van der Waals surface area contributed by atoms with Gasteiger partial charge in [-0.2, -0.15) is 0 Å². The van der Waals surface area contributed by atoms with Crippen molar-refractivity contribution in [2.24, 2.45) is 11.8 Å². The highest BCUT2D eigenvalue weighted by molar-refractivity contribution is 5.83. The molecule has 2 aromatic carbocycles. The van der Waals surface area contributed by atoms with Crippen molar-refractivity contribution < 1.29 is 4.79 Å². The van der Waals surface area contributed by atoms with Gasteiger partial charge in [0, 0.05) is 43.7 Å². The summed E-state index contributed by atoms with van der Waals surface area (Å²) in [6.45, 7) is 2.68. The zero-order chi connectivity index (χ0) is 20.8. The van der Waals surface area contributed by atoms with E-state index in [0.29, 0.717) is 24.3 Å². The highest BCUT2D eigenvalue weighted by Gasteiger charge is 2.46. The standard InChI is InChI=1S/C27H29N3O/c31-27(24-15-23(24)21-7-2-1-3-8-21)30(16-19-11-12-19)17-20-6-4-9-22(14-20)25-18-29-13-5-10-26(29)28-25/h1-4,6-9,14,18-19,23-24H,5,10-13,15-17H2. The fraction of sp³-hybridized carbons (Fsp3) is 0.407. The van der Waals surface area contributed by atoms with Crippen molar-refractivity contribution >= 4 is 5.91 Å². The number of rotatable bonds is 7. The van der Waals surface area contributed by atoms with Crippen LogP contribution < -0.4 is 0 Å². The maximum atomic E-state index is 13.4. The van der Waals surface area contributed by atoms with Crippen molar-refractivity contribution in [2.75, 3.05) is 6.54 Å². The van der Waals surface area contributed by atoms with Gasteiger partial charge >= 0.3 is 0 Å². The van der Waals surface area contributed by atoms with Gasteiger partial charge in [-0.05, 0) is 54.7 Å². The minimum absolute atomic E-state index is 0.153. The molecule has 0 bridgehead atoms. The molecular weight excluding hydrogens is 382 g/mol. The van der Waals surface area contributed by atoms with Gasteiger partial charge in [-0.1, -0.05) is 48.5 Å². The number of hydrogen-bond acceptors (Lipinski definition) is 2. The first-order valence-electron chi connectivity index (χ1n) is 11.7. The highest BCUT2D eigenvalue weighted by Crippen LogP contribution is 2.49. The van der Waals surface area contributed by atoms with Gasteiger partial charge in [0.2, 0.25) is 5.91 Å². The third kappa shape index (κ3) is 3.91. The van der Waals surface area contributed by atoms with Crippen molar-refractivity contribution in [3.8, 4) is 11.3 Å². The van der Waals surface area contributed by atoms with E-state index < -0.39 is 0 Å². The van der Waals surface area contributed by atoms with Crippen molar-refractivity contribution in [3.63, 3.8) is 0 Å². The van der Waals surface area contributed by atoms with Crippen molar-refractivity contribution in [2.45, 2.75) is 51.1 Å². The minimum Gasteiger partial charge on any atom is -0.338 e. The first-order chi connectivity index (χ1) is 15.2. The average Bonchev–Trinajstić information content (AvgIpc) is 3.69. The number of aromatic nitrogens is 2. The lowest BCUT2D eigenvalue weighted by molar-refractivity contribution is -0.133. The van der Waals surface area contributed by atoms with E-state index in [1.54, 1.807) is 0 Å². The number of carbonyl (C=O) groups excluding carboxylic acids is 1. The smallest absolute Gasteiger partial charge is 0.226 e. The molecule has 3 aromatic rings. The fourth-order valence-corrected chi connectivity index (χ4v) is 5.06. The van der Waals surface area contributed by atoms with Crippen LogP contribution in [0.4, 0.5) is 0 Å². The van der Waals surface area contributed by atoms with E-state index in [4.69, 9.17) is 4.98 Å². The predicted octanol–water partition coefficient (Wildman–Crippen LogP) is 5.04. The minimum atomic E-state index is 0.153. The van der Waals surface area contributed by atoms with E-state index in [1.165, 1.54) is 36.2 Å². The number of amides is 1. The predicted molar refractivity (Wildman–Crippen MR) is 121 cm³/mol. The fourth-order valence-electron chi connectivity index (χ4n) is 5.06. The molecule has 4 heteroatoms. The van der Waals surface area contributed by atoms with Gasteiger partial charge in [0.15, 0.2) is 0 Å². The summed E-state index contributed by atoms with van der Waals surface area (Å²) in [5.41, 5.74) is 4.73. The third-order valence-electron chi connectivity index (χ3n) is 7.08. The Hall–Kier alpha value is -2.88. The molecule has 2 heterocycles. The zero-order valence-corrected chi connectivity index (χ0v) is 17.9. The lowest BCUT2D eigenvalue weighted by Gasteiger charge is -2.23. The van der Waals surface area contributed by atoms with E-state index in [-0.39, 0.29) is 5.92 Å². The molecule has 1 aromatic heterocycles. The summed E-state index contributed by atoms with van der Waals surface area (Å²) < 4.78 is 2.28. The summed E-state index contributed by atoms with van der Waals surface area (Å²) in [5.74, 6) is 2.78. The van der Waals surface area contributed by atoms with Crippen LogP contribution in [0, 0.1) is 11.8 Å². The van der Waals surface area contributed by atoms with Crippen LogP contribution in [0.25, 0.3) is 11.3 Å². The van der Waals surface area contributed by atoms with Crippen LogP contribution in [0.2, 0.25) is 0 Å². The summed E-state index contributed by atoms with van der Waals surface area (Å²) in [5, 5.41) is 0. The molecule has 0 spiro atoms. The van der Waals surface area contributed by atoms with Gasteiger partial charge in [-0.15, -0.1) is 0 Å². The molecule has 0 radical (unpaired) electrons. The number of carbonyl (C=O) groups is 1. The van der Waals surface area contributed by atoms with Gasteiger partial charge < -0.3 is 9.47 Å². The third-order valence-corrected chi connectivity index (χ3v) is 7.08. The van der Waals surface area contributed by atoms with E-state index in [9.17, 15) is 4.79 Å². The molecule has 2 aliphatic carbocycles. The molecule has 6 rings (SSSR count). The summed E-state index contributed by atoms with van der Waals surface area (Å²) in [7, 11) is 0. The molecule has 2 unspecified atom stereocenters. The molecule has 1 aliphatic heterocycles. The second-order valence-electron chi connectivity index (χ2n) is 9.56. The van der Waals surface area contributed by atoms with Crippen molar-refractivity contribution in [1.29, 1.82) is 0 Å². The number of benzene rings is 2. The summed E-state index contributed by atoms with van der Waals surface area (Å²) >= 11 is 0. The Morgan fingerprint density at radius 2 is 1.97 bits per heavy atom. The van der Waals surface area contributed by atoms with Gasteiger partial charge in [0.05, 0.1) is 5.69 Å². The van der Waals surface area contributed by atoms with Crippen LogP contribution in [0.5, 0.6) is 0 Å². The number of nitrogens with zero attached hydrogens (tertiary/aromatic N) is 3. The normalized spacial score (nSPS) is 21.7. The molecule has 1 amide bonds. The van der Waals surface area contributed by atoms with Gasteiger partial charge in [-0.25, -0.2) is 4.98 Å². The van der Waals surface area contributed by atoms with Crippen LogP contribution >= 0.6 is 0 Å². The quantitative estimate of drug-likeness (QED) is 0.546. The van der Waals surface area contributed by atoms with Crippen LogP contribution in [-0.4, -0.2) is 26.9 Å². The molecule has 2 atom stereocenters. The van der Waals surface area contributed by atoms with E-state index in [1.807, 2.05) is 6.07 Å². The Morgan fingerprint density at radius 1 is 1.10 bits per heavy atom. The second-order valence-corrected chi connectivity index (χ2v) is 9.56. The number of imidazole rings is 1. The Kier molecular flexibility index (Phi) is 4.66. The average molecular weight is 412 g/mol. The van der Waals surface area contributed by atoms with Crippen molar-refractivity contribution in [1.82, 2.24) is 14.5 Å². The Balaban J connectivity index is 1.19. The SMILES string of the molecule is O=C(C1CC1c1ccccc1)N(Cc1cccc(-c2cn3c(n2)CCC3)c1)CC1CC1. The van der Waals surface area contributed by atoms with Crippen molar-refractivity contribution in [3.05, 3.63) is 77.7 Å². The molecule has 4 nitrogen and oxygen atoms in total. The highest BCUT2D eigenvalue weighted by atomic mass is 16.2. The molecular formula is C27H29N3O. The van der Waals surface area contributed by atoms with Gasteiger partial charge in [0.1, 0.15) is 5.82 Å². The number of aryl methyl sites for hydroxylation is 2. The maximum absolute atomic E-state index is 13.4. The summed E-state index contributed by atoms with van der Waals surface area (Å²) in [6, 6.07) is 19.2. The van der Waals surface area contributed by atoms with Gasteiger partial charge in [-0.3, -0.25) is 4.79 Å². The van der Waals surface area contributed by atoms with Crippen LogP contribution in [0.15, 0.2) is 60.8 Å². The maximum Gasteiger partial charge on any atom is 0.226 e. The van der Waals surface area contributed by atoms with E-state index >= 15 is 0 Å². The van der Waals surface area contributed by atoms with Crippen LogP contribution in [0.1, 0.15) is 48.6 Å². The second kappa shape index (κ2) is 7.67. The molecule has 0 N–H and O–H groups in total. The number of hydrogen-bond donors (Lipinski definition) is 0. The zero-order valence-electron chi connectivity index (χ0n) is 17.9. The van der Waals surface area contributed by atoms with Gasteiger partial charge in [0.25, 0.3) is 0 Å². The Bertz CT molecular complexity index is 1080. The lowest BCUT2D eigenvalue weighted by atomic mass is 10.1. The monoisotopic (exact) mass is 411 g/mol. The van der Waals surface area contributed by atoms with Crippen LogP contribution in [0.3, 0.4) is 0 Å². The van der Waals surface area contributed by atoms with Crippen LogP contribution in [-0.2, 0) is 24.3 Å². The molecule has 2 fully saturated rings. The molecule has 3 aliphatic rings. The molecule has 31 heavy (non-hydrogen) atoms. The molecule has 158 valence electrons. The summed E-state index contributed by atoms with van der Waals surface area (Å²) in [4.78, 5) is 20.4.